The number of carbonyl (C=O) groups excluding carboxylic acids is 3. The summed E-state index contributed by atoms with van der Waals surface area (Å²) in [5.41, 5.74) is 0. The minimum atomic E-state index is -0.664. The molecule has 0 spiro atoms. The Morgan fingerprint density at radius 3 is 1.10 bits per heavy atom. The van der Waals surface area contributed by atoms with Crippen molar-refractivity contribution in [1.82, 2.24) is 5.32 Å². The van der Waals surface area contributed by atoms with Gasteiger partial charge in [0, 0.05) is 31.6 Å². The Morgan fingerprint density at radius 2 is 0.746 bits per heavy atom. The molecule has 0 bridgehead atoms. The second-order valence-corrected chi connectivity index (χ2v) is 19.6. The molecule has 7 nitrogen and oxygen atoms in total. The molecule has 0 heterocycles. The minimum Gasteiger partial charge on any atom is -0.481 e. The number of rotatable bonds is 50. The van der Waals surface area contributed by atoms with Gasteiger partial charge < -0.3 is 15.2 Å². The van der Waals surface area contributed by atoms with Gasteiger partial charge in [-0.15, -0.1) is 0 Å². The fourth-order valence-electron chi connectivity index (χ4n) is 8.37. The van der Waals surface area contributed by atoms with Crippen molar-refractivity contribution in [3.63, 3.8) is 0 Å². The molecule has 0 aliphatic heterocycles. The number of carbonyl (C=O) groups is 4. The van der Waals surface area contributed by atoms with E-state index in [-0.39, 0.29) is 30.0 Å². The van der Waals surface area contributed by atoms with E-state index in [1.165, 1.54) is 173 Å². The molecule has 67 heavy (non-hydrogen) atoms. The van der Waals surface area contributed by atoms with E-state index >= 15 is 0 Å². The SMILES string of the molecule is CCCCCCCCC=CCCCCCCCC(=O)O.CCCCCCCCC=CCCCCCCCC(=O)OC(CCC)NC(=O)CCC(CCCCC=CCCCCCCCC)C(C)=O. The van der Waals surface area contributed by atoms with Crippen LogP contribution in [0.4, 0.5) is 0 Å². The van der Waals surface area contributed by atoms with E-state index < -0.39 is 12.2 Å². The Balaban J connectivity index is 0. The van der Waals surface area contributed by atoms with E-state index in [4.69, 9.17) is 9.84 Å². The van der Waals surface area contributed by atoms with Crippen molar-refractivity contribution in [2.45, 2.75) is 317 Å². The summed E-state index contributed by atoms with van der Waals surface area (Å²) in [7, 11) is 0. The normalized spacial score (nSPS) is 12.4. The molecule has 0 fully saturated rings. The predicted octanol–water partition coefficient (Wildman–Crippen LogP) is 18.8. The number of aliphatic carboxylic acids is 1. The molecule has 0 aliphatic carbocycles. The molecule has 0 radical (unpaired) electrons. The smallest absolute Gasteiger partial charge is 0.307 e. The third kappa shape index (κ3) is 55.8. The summed E-state index contributed by atoms with van der Waals surface area (Å²) in [5.74, 6) is -0.957. The Labute approximate surface area is 415 Å². The zero-order valence-corrected chi connectivity index (χ0v) is 45.0. The van der Waals surface area contributed by atoms with Crippen LogP contribution >= 0.6 is 0 Å². The summed E-state index contributed by atoms with van der Waals surface area (Å²) >= 11 is 0. The minimum absolute atomic E-state index is 0.0823. The van der Waals surface area contributed by atoms with Gasteiger partial charge in [-0.1, -0.05) is 212 Å². The molecule has 0 aromatic heterocycles. The number of carboxylic acids is 1. The number of nitrogens with one attached hydrogen (secondary N) is 1. The number of Topliss-reactive ketones (excluding diaryl/α,β-unsaturated/α-hetero) is 1. The molecule has 0 saturated heterocycles. The van der Waals surface area contributed by atoms with Crippen molar-refractivity contribution in [3.8, 4) is 0 Å². The Morgan fingerprint density at radius 1 is 0.403 bits per heavy atom. The van der Waals surface area contributed by atoms with Crippen molar-refractivity contribution < 1.29 is 29.0 Å². The zero-order valence-electron chi connectivity index (χ0n) is 45.0. The molecular formula is C60H111NO6. The van der Waals surface area contributed by atoms with Gasteiger partial charge in [0.25, 0.3) is 0 Å². The highest BCUT2D eigenvalue weighted by atomic mass is 16.6. The van der Waals surface area contributed by atoms with Crippen LogP contribution in [0.3, 0.4) is 0 Å². The van der Waals surface area contributed by atoms with Crippen molar-refractivity contribution in [3.05, 3.63) is 36.5 Å². The second-order valence-electron chi connectivity index (χ2n) is 19.6. The molecule has 392 valence electrons. The maximum absolute atomic E-state index is 12.7. The Bertz CT molecular complexity index is 1180. The molecule has 0 aromatic rings. The molecule has 0 rings (SSSR count). The van der Waals surface area contributed by atoms with Crippen molar-refractivity contribution in [2.24, 2.45) is 5.92 Å². The third-order valence-corrected chi connectivity index (χ3v) is 12.8. The van der Waals surface area contributed by atoms with Crippen molar-refractivity contribution in [2.75, 3.05) is 0 Å². The molecule has 1 amide bonds. The van der Waals surface area contributed by atoms with Gasteiger partial charge in [-0.25, -0.2) is 0 Å². The number of amides is 1. The maximum Gasteiger partial charge on any atom is 0.307 e. The molecule has 0 aromatic carbocycles. The number of ether oxygens (including phenoxy) is 1. The maximum atomic E-state index is 12.7. The van der Waals surface area contributed by atoms with Crippen LogP contribution in [0.5, 0.6) is 0 Å². The standard InChI is InChI=1S/C42H77NO4.C18H34O2/c1-5-8-10-12-14-16-18-20-21-22-24-26-28-30-32-35-42(46)47-41(33-7-3)43-40(45)37-36-39(38(4)44)34-31-29-27-25-23-19-17-15-13-11-9-6-2;1-2-3-4-5-6-7-8-9-10-11-12-13-14-15-16-17-18(19)20/h20-21,23,25,39,41H,5-19,22,24,26-37H2,1-4H3,(H,43,45);9-10H,2-8,11-17H2,1H3,(H,19,20). The number of carboxylic acid groups (broad SMARTS) is 1. The van der Waals surface area contributed by atoms with Gasteiger partial charge in [0.15, 0.2) is 6.23 Å². The molecule has 7 heteroatoms. The summed E-state index contributed by atoms with van der Waals surface area (Å²) in [6.07, 6.45) is 61.6. The monoisotopic (exact) mass is 942 g/mol. The van der Waals surface area contributed by atoms with Gasteiger partial charge in [-0.2, -0.15) is 0 Å². The first kappa shape index (κ1) is 66.4. The Kier molecular flexibility index (Phi) is 55.4. The largest absolute Gasteiger partial charge is 0.481 e. The van der Waals surface area contributed by atoms with Gasteiger partial charge >= 0.3 is 11.9 Å². The van der Waals surface area contributed by atoms with E-state index in [2.05, 4.69) is 62.5 Å². The lowest BCUT2D eigenvalue weighted by Crippen LogP contribution is -2.38. The van der Waals surface area contributed by atoms with Gasteiger partial charge in [0.2, 0.25) is 5.91 Å². The lowest BCUT2D eigenvalue weighted by Gasteiger charge is -2.20. The average Bonchev–Trinajstić information content (AvgIpc) is 3.30. The van der Waals surface area contributed by atoms with E-state index in [0.29, 0.717) is 25.7 Å². The van der Waals surface area contributed by atoms with Crippen LogP contribution in [0, 0.1) is 5.92 Å². The Hall–Kier alpha value is -2.70. The van der Waals surface area contributed by atoms with E-state index in [1.54, 1.807) is 6.92 Å². The molecular weight excluding hydrogens is 831 g/mol. The van der Waals surface area contributed by atoms with E-state index in [9.17, 15) is 19.2 Å². The molecule has 0 aliphatic rings. The van der Waals surface area contributed by atoms with Crippen LogP contribution in [-0.4, -0.2) is 35.0 Å². The van der Waals surface area contributed by atoms with Crippen molar-refractivity contribution >= 4 is 23.6 Å². The number of allylic oxidation sites excluding steroid dienone is 6. The van der Waals surface area contributed by atoms with E-state index in [1.807, 2.05) is 6.92 Å². The summed E-state index contributed by atoms with van der Waals surface area (Å²) in [6, 6.07) is 0. The van der Waals surface area contributed by atoms with Crippen LogP contribution in [-0.2, 0) is 23.9 Å². The average molecular weight is 943 g/mol. The number of hydrogen-bond acceptors (Lipinski definition) is 5. The molecule has 2 atom stereocenters. The van der Waals surface area contributed by atoms with Crippen LogP contribution in [0.25, 0.3) is 0 Å². The number of hydrogen-bond donors (Lipinski definition) is 2. The fraction of sp³-hybridized carbons (Fsp3) is 0.833. The molecule has 0 saturated carbocycles. The van der Waals surface area contributed by atoms with Gasteiger partial charge in [-0.3, -0.25) is 19.2 Å². The first-order chi connectivity index (χ1) is 32.7. The van der Waals surface area contributed by atoms with Gasteiger partial charge in [0.1, 0.15) is 5.78 Å². The van der Waals surface area contributed by atoms with Crippen LogP contribution in [0.1, 0.15) is 311 Å². The molecule has 2 N–H and O–H groups in total. The third-order valence-electron chi connectivity index (χ3n) is 12.8. The summed E-state index contributed by atoms with van der Waals surface area (Å²) in [4.78, 5) is 47.7. The number of unbranched alkanes of at least 4 members (excludes halogenated alkanes) is 30. The van der Waals surface area contributed by atoms with Gasteiger partial charge in [-0.05, 0) is 110 Å². The lowest BCUT2D eigenvalue weighted by molar-refractivity contribution is -0.152. The predicted molar refractivity (Wildman–Crippen MR) is 288 cm³/mol. The second kappa shape index (κ2) is 55.9. The van der Waals surface area contributed by atoms with Gasteiger partial charge in [0.05, 0.1) is 0 Å². The number of esters is 1. The zero-order chi connectivity index (χ0) is 49.5. The summed E-state index contributed by atoms with van der Waals surface area (Å²) in [5, 5.41) is 11.4. The van der Waals surface area contributed by atoms with Crippen molar-refractivity contribution in [1.29, 1.82) is 0 Å². The van der Waals surface area contributed by atoms with Crippen LogP contribution < -0.4 is 5.32 Å². The molecule has 2 unspecified atom stereocenters. The summed E-state index contributed by atoms with van der Waals surface area (Å²) < 4.78 is 5.63. The first-order valence-corrected chi connectivity index (χ1v) is 28.9. The van der Waals surface area contributed by atoms with E-state index in [0.717, 1.165) is 70.6 Å². The first-order valence-electron chi connectivity index (χ1n) is 28.9. The van der Waals surface area contributed by atoms with Crippen LogP contribution in [0.2, 0.25) is 0 Å². The highest BCUT2D eigenvalue weighted by molar-refractivity contribution is 5.80. The number of ketones is 1. The highest BCUT2D eigenvalue weighted by Gasteiger charge is 2.19. The lowest BCUT2D eigenvalue weighted by atomic mass is 9.92. The topological polar surface area (TPSA) is 110 Å². The fourth-order valence-corrected chi connectivity index (χ4v) is 8.37. The quantitative estimate of drug-likeness (QED) is 0.0272. The summed E-state index contributed by atoms with van der Waals surface area (Å²) in [6.45, 7) is 10.4. The van der Waals surface area contributed by atoms with Crippen LogP contribution in [0.15, 0.2) is 36.5 Å². The highest BCUT2D eigenvalue weighted by Crippen LogP contribution is 2.19.